The van der Waals surface area contributed by atoms with Crippen LogP contribution in [0.15, 0.2) is 54.7 Å². The quantitative estimate of drug-likeness (QED) is 0.855. The first-order chi connectivity index (χ1) is 9.84. The van der Waals surface area contributed by atoms with Gasteiger partial charge >= 0.3 is 0 Å². The van der Waals surface area contributed by atoms with E-state index in [0.29, 0.717) is 11.7 Å². The maximum Gasteiger partial charge on any atom is 0.272 e. The second-order valence-electron chi connectivity index (χ2n) is 5.20. The van der Waals surface area contributed by atoms with E-state index in [0.717, 1.165) is 25.8 Å². The van der Waals surface area contributed by atoms with Crippen LogP contribution in [0.5, 0.6) is 0 Å². The summed E-state index contributed by atoms with van der Waals surface area (Å²) >= 11 is 0. The molecule has 0 aliphatic carbocycles. The van der Waals surface area contributed by atoms with Crippen LogP contribution in [0.25, 0.3) is 0 Å². The Kier molecular flexibility index (Phi) is 3.77. The average molecular weight is 266 g/mol. The van der Waals surface area contributed by atoms with Crippen molar-refractivity contribution in [2.24, 2.45) is 0 Å². The van der Waals surface area contributed by atoms with Crippen molar-refractivity contribution in [3.8, 4) is 0 Å². The molecule has 1 aliphatic rings. The molecular formula is C17H18N2O. The molecule has 1 amide bonds. The summed E-state index contributed by atoms with van der Waals surface area (Å²) in [6.07, 6.45) is 4.76. The van der Waals surface area contributed by atoms with Crippen LogP contribution in [0.3, 0.4) is 0 Å². The topological polar surface area (TPSA) is 33.2 Å². The van der Waals surface area contributed by atoms with Crippen LogP contribution < -0.4 is 0 Å². The Morgan fingerprint density at radius 1 is 1.15 bits per heavy atom. The van der Waals surface area contributed by atoms with Gasteiger partial charge in [0.1, 0.15) is 5.69 Å². The predicted octanol–water partition coefficient (Wildman–Crippen LogP) is 2.93. The lowest BCUT2D eigenvalue weighted by molar-refractivity contribution is 0.0730. The molecule has 3 heteroatoms. The summed E-state index contributed by atoms with van der Waals surface area (Å²) in [5, 5.41) is 0. The highest BCUT2D eigenvalue weighted by Crippen LogP contribution is 2.22. The Labute approximate surface area is 119 Å². The number of hydrogen-bond donors (Lipinski definition) is 0. The molecule has 1 unspecified atom stereocenters. The third kappa shape index (κ3) is 2.72. The standard InChI is InChI=1S/C17H18N2O/c20-17(16-10-4-5-11-18-16)19-12-6-9-15(19)13-14-7-2-1-3-8-14/h1-5,7-8,10-11,15H,6,9,12-13H2. The zero-order chi connectivity index (χ0) is 13.8. The van der Waals surface area contributed by atoms with Crippen molar-refractivity contribution in [2.45, 2.75) is 25.3 Å². The highest BCUT2D eigenvalue weighted by molar-refractivity contribution is 5.92. The number of aromatic nitrogens is 1. The van der Waals surface area contributed by atoms with E-state index in [9.17, 15) is 4.79 Å². The highest BCUT2D eigenvalue weighted by atomic mass is 16.2. The molecule has 1 atom stereocenters. The number of hydrogen-bond acceptors (Lipinski definition) is 2. The van der Waals surface area contributed by atoms with Crippen molar-refractivity contribution >= 4 is 5.91 Å². The SMILES string of the molecule is O=C(c1ccccn1)N1CCCC1Cc1ccccc1. The van der Waals surface area contributed by atoms with E-state index in [1.165, 1.54) is 5.56 Å². The average Bonchev–Trinajstić information content (AvgIpc) is 2.96. The fraction of sp³-hybridized carbons (Fsp3) is 0.294. The minimum Gasteiger partial charge on any atom is -0.334 e. The molecule has 2 aromatic rings. The van der Waals surface area contributed by atoms with E-state index >= 15 is 0 Å². The monoisotopic (exact) mass is 266 g/mol. The van der Waals surface area contributed by atoms with Gasteiger partial charge in [0.05, 0.1) is 0 Å². The molecule has 1 saturated heterocycles. The first-order valence-electron chi connectivity index (χ1n) is 7.10. The van der Waals surface area contributed by atoms with Gasteiger partial charge in [-0.15, -0.1) is 0 Å². The van der Waals surface area contributed by atoms with E-state index in [2.05, 4.69) is 29.2 Å². The Bertz CT molecular complexity index is 568. The van der Waals surface area contributed by atoms with Gasteiger partial charge in [0.15, 0.2) is 0 Å². The maximum atomic E-state index is 12.5. The van der Waals surface area contributed by atoms with E-state index < -0.39 is 0 Å². The van der Waals surface area contributed by atoms with Gasteiger partial charge in [0.25, 0.3) is 5.91 Å². The molecule has 1 aliphatic heterocycles. The smallest absolute Gasteiger partial charge is 0.272 e. The van der Waals surface area contributed by atoms with Gasteiger partial charge in [0.2, 0.25) is 0 Å². The van der Waals surface area contributed by atoms with Crippen LogP contribution in [0.2, 0.25) is 0 Å². The van der Waals surface area contributed by atoms with Crippen LogP contribution in [-0.2, 0) is 6.42 Å². The minimum atomic E-state index is 0.0593. The number of nitrogens with zero attached hydrogens (tertiary/aromatic N) is 2. The molecule has 3 nitrogen and oxygen atoms in total. The first kappa shape index (κ1) is 12.9. The molecule has 20 heavy (non-hydrogen) atoms. The molecule has 1 aromatic carbocycles. The number of pyridine rings is 1. The van der Waals surface area contributed by atoms with Crippen molar-refractivity contribution < 1.29 is 4.79 Å². The Morgan fingerprint density at radius 3 is 2.70 bits per heavy atom. The van der Waals surface area contributed by atoms with Gasteiger partial charge < -0.3 is 4.90 Å². The van der Waals surface area contributed by atoms with Crippen molar-refractivity contribution in [1.82, 2.24) is 9.88 Å². The fourth-order valence-corrected chi connectivity index (χ4v) is 2.84. The molecule has 0 radical (unpaired) electrons. The number of carbonyl (C=O) groups excluding carboxylic acids is 1. The second-order valence-corrected chi connectivity index (χ2v) is 5.20. The molecule has 1 aromatic heterocycles. The molecule has 1 fully saturated rings. The zero-order valence-corrected chi connectivity index (χ0v) is 11.4. The minimum absolute atomic E-state index is 0.0593. The fourth-order valence-electron chi connectivity index (χ4n) is 2.84. The normalized spacial score (nSPS) is 18.2. The van der Waals surface area contributed by atoms with Gasteiger partial charge in [0, 0.05) is 18.8 Å². The van der Waals surface area contributed by atoms with Crippen LogP contribution in [0, 0.1) is 0 Å². The molecule has 0 spiro atoms. The van der Waals surface area contributed by atoms with Crippen molar-refractivity contribution in [2.75, 3.05) is 6.54 Å². The van der Waals surface area contributed by atoms with Gasteiger partial charge in [-0.05, 0) is 37.0 Å². The summed E-state index contributed by atoms with van der Waals surface area (Å²) < 4.78 is 0. The summed E-state index contributed by atoms with van der Waals surface area (Å²) in [4.78, 5) is 18.7. The van der Waals surface area contributed by atoms with Gasteiger partial charge in [-0.3, -0.25) is 9.78 Å². The van der Waals surface area contributed by atoms with Crippen molar-refractivity contribution in [3.63, 3.8) is 0 Å². The number of likely N-dealkylation sites (tertiary alicyclic amines) is 1. The second kappa shape index (κ2) is 5.87. The van der Waals surface area contributed by atoms with Crippen molar-refractivity contribution in [1.29, 1.82) is 0 Å². The molecule has 0 N–H and O–H groups in total. The van der Waals surface area contributed by atoms with Crippen LogP contribution in [0.1, 0.15) is 28.9 Å². The Hall–Kier alpha value is -2.16. The van der Waals surface area contributed by atoms with E-state index in [1.54, 1.807) is 12.3 Å². The van der Waals surface area contributed by atoms with Crippen LogP contribution in [-0.4, -0.2) is 28.4 Å². The Balaban J connectivity index is 1.74. The lowest BCUT2D eigenvalue weighted by Crippen LogP contribution is -2.37. The summed E-state index contributed by atoms with van der Waals surface area (Å²) in [5.41, 5.74) is 1.84. The highest BCUT2D eigenvalue weighted by Gasteiger charge is 2.29. The zero-order valence-electron chi connectivity index (χ0n) is 11.4. The van der Waals surface area contributed by atoms with Gasteiger partial charge in [-0.1, -0.05) is 36.4 Å². The molecule has 0 saturated carbocycles. The number of rotatable bonds is 3. The largest absolute Gasteiger partial charge is 0.334 e. The van der Waals surface area contributed by atoms with Crippen molar-refractivity contribution in [3.05, 3.63) is 66.0 Å². The van der Waals surface area contributed by atoms with E-state index in [-0.39, 0.29) is 5.91 Å². The third-order valence-electron chi connectivity index (χ3n) is 3.84. The third-order valence-corrected chi connectivity index (χ3v) is 3.84. The lowest BCUT2D eigenvalue weighted by Gasteiger charge is -2.24. The molecule has 2 heterocycles. The van der Waals surface area contributed by atoms with Crippen LogP contribution >= 0.6 is 0 Å². The van der Waals surface area contributed by atoms with E-state index in [1.807, 2.05) is 23.1 Å². The molecular weight excluding hydrogens is 248 g/mol. The Morgan fingerprint density at radius 2 is 1.95 bits per heavy atom. The van der Waals surface area contributed by atoms with Crippen LogP contribution in [0.4, 0.5) is 0 Å². The maximum absolute atomic E-state index is 12.5. The summed E-state index contributed by atoms with van der Waals surface area (Å²) in [6, 6.07) is 16.2. The summed E-state index contributed by atoms with van der Waals surface area (Å²) in [5.74, 6) is 0.0593. The molecule has 102 valence electrons. The summed E-state index contributed by atoms with van der Waals surface area (Å²) in [7, 11) is 0. The van der Waals surface area contributed by atoms with Gasteiger partial charge in [-0.25, -0.2) is 0 Å². The first-order valence-corrected chi connectivity index (χ1v) is 7.10. The van der Waals surface area contributed by atoms with E-state index in [4.69, 9.17) is 0 Å². The molecule has 3 rings (SSSR count). The lowest BCUT2D eigenvalue weighted by atomic mass is 10.0. The van der Waals surface area contributed by atoms with Gasteiger partial charge in [-0.2, -0.15) is 0 Å². The number of carbonyl (C=O) groups is 1. The summed E-state index contributed by atoms with van der Waals surface area (Å²) in [6.45, 7) is 0.840. The predicted molar refractivity (Wildman–Crippen MR) is 78.4 cm³/mol. The number of amides is 1. The molecule has 0 bridgehead atoms. The number of benzene rings is 1.